The van der Waals surface area contributed by atoms with Gasteiger partial charge in [-0.1, -0.05) is 18.6 Å². The molecule has 0 bridgehead atoms. The van der Waals surface area contributed by atoms with E-state index in [0.717, 1.165) is 56.0 Å². The SMILES string of the molecule is CCN1CCN(Cc2cc(C)cc(-c3n[nH]nc3C(N)=O)c2C)CC1. The van der Waals surface area contributed by atoms with Crippen LogP contribution in [0.15, 0.2) is 12.1 Å². The molecule has 7 nitrogen and oxygen atoms in total. The Balaban J connectivity index is 1.88. The molecule has 1 amide bonds. The van der Waals surface area contributed by atoms with Crippen molar-refractivity contribution in [1.29, 1.82) is 0 Å². The maximum absolute atomic E-state index is 11.6. The minimum Gasteiger partial charge on any atom is -0.364 e. The molecule has 1 aliphatic heterocycles. The number of primary amides is 1. The maximum atomic E-state index is 11.6. The second-order valence-electron chi connectivity index (χ2n) is 6.69. The number of hydrogen-bond acceptors (Lipinski definition) is 5. The van der Waals surface area contributed by atoms with Crippen molar-refractivity contribution in [3.63, 3.8) is 0 Å². The standard InChI is InChI=1S/C18H26N6O/c1-4-23-5-7-24(8-6-23)11-14-9-12(2)10-15(13(14)3)16-17(18(19)25)21-22-20-16/h9-10H,4-8,11H2,1-3H3,(H2,19,25)(H,20,21,22). The third-order valence-electron chi connectivity index (χ3n) is 5.00. The van der Waals surface area contributed by atoms with Gasteiger partial charge in [-0.25, -0.2) is 0 Å². The van der Waals surface area contributed by atoms with Crippen LogP contribution in [0.1, 0.15) is 34.1 Å². The summed E-state index contributed by atoms with van der Waals surface area (Å²) in [6.45, 7) is 12.7. The van der Waals surface area contributed by atoms with E-state index < -0.39 is 5.91 Å². The number of carbonyl (C=O) groups is 1. The number of aromatic nitrogens is 3. The zero-order valence-electron chi connectivity index (χ0n) is 15.2. The molecule has 1 fully saturated rings. The van der Waals surface area contributed by atoms with Crippen LogP contribution in [-0.2, 0) is 6.54 Å². The third-order valence-corrected chi connectivity index (χ3v) is 5.00. The van der Waals surface area contributed by atoms with Gasteiger partial charge in [-0.3, -0.25) is 9.69 Å². The number of hydrogen-bond donors (Lipinski definition) is 2. The number of carbonyl (C=O) groups excluding carboxylic acids is 1. The van der Waals surface area contributed by atoms with Gasteiger partial charge in [0.05, 0.1) is 0 Å². The van der Waals surface area contributed by atoms with Crippen molar-refractivity contribution in [2.45, 2.75) is 27.3 Å². The summed E-state index contributed by atoms with van der Waals surface area (Å²) in [7, 11) is 0. The van der Waals surface area contributed by atoms with E-state index in [1.807, 2.05) is 6.07 Å². The quantitative estimate of drug-likeness (QED) is 0.855. The molecule has 2 heterocycles. The minimum absolute atomic E-state index is 0.191. The Labute approximate surface area is 148 Å². The van der Waals surface area contributed by atoms with E-state index in [1.54, 1.807) is 0 Å². The molecule has 0 aliphatic carbocycles. The van der Waals surface area contributed by atoms with E-state index >= 15 is 0 Å². The molecular formula is C18H26N6O. The highest BCUT2D eigenvalue weighted by Crippen LogP contribution is 2.28. The van der Waals surface area contributed by atoms with E-state index in [9.17, 15) is 4.79 Å². The van der Waals surface area contributed by atoms with Crippen LogP contribution in [0.2, 0.25) is 0 Å². The van der Waals surface area contributed by atoms with Crippen LogP contribution >= 0.6 is 0 Å². The number of rotatable bonds is 5. The molecular weight excluding hydrogens is 316 g/mol. The Morgan fingerprint density at radius 2 is 1.84 bits per heavy atom. The molecule has 0 spiro atoms. The van der Waals surface area contributed by atoms with E-state index in [4.69, 9.17) is 5.73 Å². The predicted octanol–water partition coefficient (Wildman–Crippen LogP) is 1.32. The molecule has 1 saturated heterocycles. The molecule has 0 unspecified atom stereocenters. The van der Waals surface area contributed by atoms with Crippen molar-refractivity contribution < 1.29 is 4.79 Å². The average molecular weight is 342 g/mol. The summed E-state index contributed by atoms with van der Waals surface area (Å²) in [6, 6.07) is 4.26. The molecule has 3 rings (SSSR count). The zero-order valence-corrected chi connectivity index (χ0v) is 15.2. The highest BCUT2D eigenvalue weighted by Gasteiger charge is 2.21. The van der Waals surface area contributed by atoms with Crippen molar-refractivity contribution in [3.05, 3.63) is 34.5 Å². The van der Waals surface area contributed by atoms with Gasteiger partial charge in [-0.15, -0.1) is 0 Å². The summed E-state index contributed by atoms with van der Waals surface area (Å²) in [5.41, 5.74) is 10.6. The highest BCUT2D eigenvalue weighted by atomic mass is 16.1. The predicted molar refractivity (Wildman–Crippen MR) is 97.2 cm³/mol. The number of benzene rings is 1. The first kappa shape index (κ1) is 17.6. The lowest BCUT2D eigenvalue weighted by Gasteiger charge is -2.34. The largest absolute Gasteiger partial charge is 0.364 e. The van der Waals surface area contributed by atoms with Gasteiger partial charge in [0.25, 0.3) is 5.91 Å². The fraction of sp³-hybridized carbons (Fsp3) is 0.500. The summed E-state index contributed by atoms with van der Waals surface area (Å²) in [5.74, 6) is -0.568. The van der Waals surface area contributed by atoms with Crippen molar-refractivity contribution in [2.24, 2.45) is 5.73 Å². The summed E-state index contributed by atoms with van der Waals surface area (Å²) in [6.07, 6.45) is 0. The van der Waals surface area contributed by atoms with Gasteiger partial charge in [0.2, 0.25) is 0 Å². The van der Waals surface area contributed by atoms with E-state index in [-0.39, 0.29) is 5.69 Å². The molecule has 0 radical (unpaired) electrons. The number of aromatic amines is 1. The average Bonchev–Trinajstić information content (AvgIpc) is 3.08. The van der Waals surface area contributed by atoms with Crippen LogP contribution in [0.25, 0.3) is 11.3 Å². The van der Waals surface area contributed by atoms with Gasteiger partial charge >= 0.3 is 0 Å². The molecule has 1 aliphatic rings. The Kier molecular flexibility index (Phi) is 5.15. The van der Waals surface area contributed by atoms with E-state index in [0.29, 0.717) is 5.69 Å². The first-order valence-electron chi connectivity index (χ1n) is 8.75. The Hall–Kier alpha value is -2.25. The van der Waals surface area contributed by atoms with Gasteiger partial charge < -0.3 is 10.6 Å². The number of nitrogens with one attached hydrogen (secondary N) is 1. The number of amides is 1. The number of nitrogens with two attached hydrogens (primary N) is 1. The molecule has 134 valence electrons. The topological polar surface area (TPSA) is 91.1 Å². The van der Waals surface area contributed by atoms with Gasteiger partial charge in [-0.05, 0) is 37.6 Å². The molecule has 1 aromatic carbocycles. The first-order valence-corrected chi connectivity index (χ1v) is 8.75. The van der Waals surface area contributed by atoms with Gasteiger partial charge in [0.1, 0.15) is 5.69 Å². The van der Waals surface area contributed by atoms with E-state index in [2.05, 4.69) is 52.0 Å². The second kappa shape index (κ2) is 7.33. The number of aryl methyl sites for hydroxylation is 1. The Morgan fingerprint density at radius 1 is 1.16 bits per heavy atom. The molecule has 0 atom stereocenters. The van der Waals surface area contributed by atoms with Gasteiger partial charge in [0, 0.05) is 38.3 Å². The molecule has 7 heteroatoms. The lowest BCUT2D eigenvalue weighted by molar-refractivity contribution is 0.0996. The van der Waals surface area contributed by atoms with Crippen LogP contribution in [0, 0.1) is 13.8 Å². The molecule has 1 aromatic heterocycles. The molecule has 25 heavy (non-hydrogen) atoms. The fourth-order valence-electron chi connectivity index (χ4n) is 3.44. The zero-order chi connectivity index (χ0) is 18.0. The van der Waals surface area contributed by atoms with Crippen LogP contribution in [0.4, 0.5) is 0 Å². The summed E-state index contributed by atoms with van der Waals surface area (Å²) in [4.78, 5) is 16.6. The Morgan fingerprint density at radius 3 is 2.48 bits per heavy atom. The number of piperazine rings is 1. The summed E-state index contributed by atoms with van der Waals surface area (Å²) < 4.78 is 0. The maximum Gasteiger partial charge on any atom is 0.271 e. The second-order valence-corrected chi connectivity index (χ2v) is 6.69. The number of nitrogens with zero attached hydrogens (tertiary/aromatic N) is 4. The number of likely N-dealkylation sites (N-methyl/N-ethyl adjacent to an activating group) is 1. The third kappa shape index (κ3) is 3.72. The van der Waals surface area contributed by atoms with Crippen molar-refractivity contribution >= 4 is 5.91 Å². The highest BCUT2D eigenvalue weighted by molar-refractivity contribution is 5.97. The summed E-state index contributed by atoms with van der Waals surface area (Å²) in [5, 5.41) is 10.6. The minimum atomic E-state index is -0.568. The first-order chi connectivity index (χ1) is 12.0. The lowest BCUT2D eigenvalue weighted by Crippen LogP contribution is -2.45. The van der Waals surface area contributed by atoms with Crippen LogP contribution < -0.4 is 5.73 Å². The van der Waals surface area contributed by atoms with Crippen LogP contribution in [0.5, 0.6) is 0 Å². The molecule has 3 N–H and O–H groups in total. The van der Waals surface area contributed by atoms with Crippen molar-refractivity contribution in [1.82, 2.24) is 25.2 Å². The lowest BCUT2D eigenvalue weighted by atomic mass is 9.95. The van der Waals surface area contributed by atoms with Crippen LogP contribution in [-0.4, -0.2) is 63.8 Å². The van der Waals surface area contributed by atoms with Crippen LogP contribution in [0.3, 0.4) is 0 Å². The molecule has 2 aromatic rings. The molecule has 0 saturated carbocycles. The van der Waals surface area contributed by atoms with Gasteiger partial charge in [-0.2, -0.15) is 15.4 Å². The Bertz CT molecular complexity index is 761. The fourth-order valence-corrected chi connectivity index (χ4v) is 3.44. The summed E-state index contributed by atoms with van der Waals surface area (Å²) >= 11 is 0. The smallest absolute Gasteiger partial charge is 0.271 e. The van der Waals surface area contributed by atoms with Crippen molar-refractivity contribution in [2.75, 3.05) is 32.7 Å². The normalized spacial score (nSPS) is 16.3. The van der Waals surface area contributed by atoms with E-state index in [1.165, 1.54) is 5.56 Å². The number of H-pyrrole nitrogens is 1. The van der Waals surface area contributed by atoms with Crippen molar-refractivity contribution in [3.8, 4) is 11.3 Å². The monoisotopic (exact) mass is 342 g/mol. The van der Waals surface area contributed by atoms with Gasteiger partial charge in [0.15, 0.2) is 5.69 Å².